The Bertz CT molecular complexity index is 539. The topological polar surface area (TPSA) is 67.6 Å². The van der Waals surface area contributed by atoms with Crippen LogP contribution in [0.2, 0.25) is 0 Å². The van der Waals surface area contributed by atoms with Crippen molar-refractivity contribution in [3.05, 3.63) is 40.9 Å². The van der Waals surface area contributed by atoms with Crippen LogP contribution in [0.5, 0.6) is 0 Å². The molecule has 2 N–H and O–H groups in total. The largest absolute Gasteiger partial charge is 0.399 e. The Balaban J connectivity index is 2.60. The number of nitrogens with zero attached hydrogens (tertiary/aromatic N) is 3. The van der Waals surface area contributed by atoms with Gasteiger partial charge in [0.05, 0.1) is 5.69 Å². The van der Waals surface area contributed by atoms with Gasteiger partial charge in [0.25, 0.3) is 0 Å². The van der Waals surface area contributed by atoms with Crippen LogP contribution in [-0.4, -0.2) is 9.55 Å². The summed E-state index contributed by atoms with van der Waals surface area (Å²) in [6.45, 7) is 0. The van der Waals surface area contributed by atoms with Crippen molar-refractivity contribution in [1.29, 1.82) is 5.26 Å². The number of nitriles is 1. The predicted octanol–water partition coefficient (Wildman–Crippen LogP) is 2.09. The zero-order chi connectivity index (χ0) is 10.8. The number of imidazole rings is 1. The van der Waals surface area contributed by atoms with Crippen LogP contribution in [0.25, 0.3) is 5.69 Å². The van der Waals surface area contributed by atoms with Gasteiger partial charge in [0.2, 0.25) is 5.82 Å². The van der Waals surface area contributed by atoms with Crippen molar-refractivity contribution in [2.45, 2.75) is 0 Å². The van der Waals surface area contributed by atoms with Gasteiger partial charge in [0.15, 0.2) is 0 Å². The minimum atomic E-state index is 0.348. The Morgan fingerprint density at radius 3 is 2.93 bits per heavy atom. The molecule has 5 heteroatoms. The van der Waals surface area contributed by atoms with Crippen molar-refractivity contribution >= 4 is 21.6 Å². The van der Waals surface area contributed by atoms with E-state index in [0.717, 1.165) is 10.2 Å². The van der Waals surface area contributed by atoms with Crippen LogP contribution in [0.3, 0.4) is 0 Å². The molecule has 4 nitrogen and oxygen atoms in total. The van der Waals surface area contributed by atoms with Crippen LogP contribution in [0, 0.1) is 11.3 Å². The highest BCUT2D eigenvalue weighted by atomic mass is 79.9. The van der Waals surface area contributed by atoms with E-state index in [1.165, 1.54) is 0 Å². The molecule has 0 fully saturated rings. The number of hydrogen-bond acceptors (Lipinski definition) is 3. The molecule has 0 spiro atoms. The van der Waals surface area contributed by atoms with Gasteiger partial charge < -0.3 is 5.73 Å². The van der Waals surface area contributed by atoms with Gasteiger partial charge in [-0.05, 0) is 34.1 Å². The Morgan fingerprint density at radius 2 is 2.27 bits per heavy atom. The lowest BCUT2D eigenvalue weighted by molar-refractivity contribution is 1.01. The fourth-order valence-corrected chi connectivity index (χ4v) is 1.89. The van der Waals surface area contributed by atoms with Crippen molar-refractivity contribution in [2.75, 3.05) is 5.73 Å². The molecule has 0 amide bonds. The highest BCUT2D eigenvalue weighted by Crippen LogP contribution is 2.24. The average Bonchev–Trinajstić information content (AvgIpc) is 2.65. The number of anilines is 1. The molecule has 0 aliphatic carbocycles. The van der Waals surface area contributed by atoms with Gasteiger partial charge in [-0.15, -0.1) is 0 Å². The van der Waals surface area contributed by atoms with Gasteiger partial charge in [-0.3, -0.25) is 4.57 Å². The summed E-state index contributed by atoms with van der Waals surface area (Å²) in [5.41, 5.74) is 7.15. The number of nitrogen functional groups attached to an aromatic ring is 1. The minimum absolute atomic E-state index is 0.348. The molecular formula is C10H7BrN4. The summed E-state index contributed by atoms with van der Waals surface area (Å²) in [6, 6.07) is 7.42. The summed E-state index contributed by atoms with van der Waals surface area (Å²) in [5, 5.41) is 8.84. The van der Waals surface area contributed by atoms with E-state index in [-0.39, 0.29) is 0 Å². The van der Waals surface area contributed by atoms with Crippen LogP contribution < -0.4 is 5.73 Å². The lowest BCUT2D eigenvalue weighted by Crippen LogP contribution is -1.98. The van der Waals surface area contributed by atoms with Crippen molar-refractivity contribution < 1.29 is 0 Å². The molecule has 2 rings (SSSR count). The molecule has 0 saturated carbocycles. The third kappa shape index (κ3) is 1.72. The lowest BCUT2D eigenvalue weighted by atomic mass is 10.3. The summed E-state index contributed by atoms with van der Waals surface area (Å²) < 4.78 is 2.53. The maximum Gasteiger partial charge on any atom is 0.217 e. The fraction of sp³-hybridized carbons (Fsp3) is 0. The van der Waals surface area contributed by atoms with Crippen LogP contribution in [0.1, 0.15) is 5.82 Å². The van der Waals surface area contributed by atoms with Crippen molar-refractivity contribution in [2.24, 2.45) is 0 Å². The normalized spacial score (nSPS) is 9.87. The second kappa shape index (κ2) is 3.75. The average molecular weight is 263 g/mol. The second-order valence-corrected chi connectivity index (χ2v) is 3.80. The molecule has 1 aromatic heterocycles. The van der Waals surface area contributed by atoms with E-state index in [2.05, 4.69) is 20.9 Å². The number of halogens is 1. The first kappa shape index (κ1) is 9.74. The standard InChI is InChI=1S/C10H7BrN4/c11-8-5-7(13)1-2-9(8)15-4-3-14-10(15)6-12/h1-5H,13H2. The number of aromatic nitrogens is 2. The van der Waals surface area contributed by atoms with E-state index < -0.39 is 0 Å². The Morgan fingerprint density at radius 1 is 1.47 bits per heavy atom. The molecule has 0 bridgehead atoms. The SMILES string of the molecule is N#Cc1nccn1-c1ccc(N)cc1Br. The first-order chi connectivity index (χ1) is 7.22. The van der Waals surface area contributed by atoms with E-state index >= 15 is 0 Å². The quantitative estimate of drug-likeness (QED) is 0.801. The van der Waals surface area contributed by atoms with Crippen LogP contribution in [0.4, 0.5) is 5.69 Å². The van der Waals surface area contributed by atoms with Gasteiger partial charge in [0, 0.05) is 22.6 Å². The second-order valence-electron chi connectivity index (χ2n) is 2.94. The van der Waals surface area contributed by atoms with Gasteiger partial charge in [-0.2, -0.15) is 5.26 Å². The van der Waals surface area contributed by atoms with Crippen LogP contribution in [-0.2, 0) is 0 Å². The number of rotatable bonds is 1. The molecule has 74 valence electrons. The zero-order valence-electron chi connectivity index (χ0n) is 7.68. The summed E-state index contributed by atoms with van der Waals surface area (Å²) in [7, 11) is 0. The lowest BCUT2D eigenvalue weighted by Gasteiger charge is -2.06. The number of hydrogen-bond donors (Lipinski definition) is 1. The van der Waals surface area contributed by atoms with Gasteiger partial charge in [-0.1, -0.05) is 0 Å². The minimum Gasteiger partial charge on any atom is -0.399 e. The molecule has 2 aromatic rings. The summed E-state index contributed by atoms with van der Waals surface area (Å²) in [4.78, 5) is 3.92. The molecular weight excluding hydrogens is 256 g/mol. The van der Waals surface area contributed by atoms with E-state index in [4.69, 9.17) is 11.0 Å². The van der Waals surface area contributed by atoms with Crippen LogP contribution >= 0.6 is 15.9 Å². The van der Waals surface area contributed by atoms with Crippen molar-refractivity contribution in [1.82, 2.24) is 9.55 Å². The molecule has 1 aromatic carbocycles. The first-order valence-corrected chi connectivity index (χ1v) is 5.00. The third-order valence-electron chi connectivity index (χ3n) is 1.97. The Hall–Kier alpha value is -1.80. The summed E-state index contributed by atoms with van der Waals surface area (Å²) >= 11 is 3.39. The molecule has 0 aliphatic rings. The summed E-state index contributed by atoms with van der Waals surface area (Å²) in [6.07, 6.45) is 3.32. The van der Waals surface area contributed by atoms with Gasteiger partial charge in [-0.25, -0.2) is 4.98 Å². The molecule has 0 atom stereocenters. The monoisotopic (exact) mass is 262 g/mol. The highest BCUT2D eigenvalue weighted by molar-refractivity contribution is 9.10. The number of nitrogens with two attached hydrogens (primary N) is 1. The molecule has 0 aliphatic heterocycles. The van der Waals surface area contributed by atoms with E-state index in [0.29, 0.717) is 11.5 Å². The molecule has 15 heavy (non-hydrogen) atoms. The van der Waals surface area contributed by atoms with Crippen molar-refractivity contribution in [3.63, 3.8) is 0 Å². The van der Waals surface area contributed by atoms with Crippen LogP contribution in [0.15, 0.2) is 35.1 Å². The maximum atomic E-state index is 8.84. The van der Waals surface area contributed by atoms with E-state index in [9.17, 15) is 0 Å². The Labute approximate surface area is 95.1 Å². The maximum absolute atomic E-state index is 8.84. The van der Waals surface area contributed by atoms with Gasteiger partial charge in [0.1, 0.15) is 6.07 Å². The van der Waals surface area contributed by atoms with Crippen molar-refractivity contribution in [3.8, 4) is 11.8 Å². The zero-order valence-corrected chi connectivity index (χ0v) is 9.27. The molecule has 0 unspecified atom stereocenters. The number of benzene rings is 1. The highest BCUT2D eigenvalue weighted by Gasteiger charge is 2.07. The summed E-state index contributed by atoms with van der Waals surface area (Å²) in [5.74, 6) is 0.348. The Kier molecular flexibility index (Phi) is 2.44. The first-order valence-electron chi connectivity index (χ1n) is 4.21. The smallest absolute Gasteiger partial charge is 0.217 e. The predicted molar refractivity (Wildman–Crippen MR) is 60.4 cm³/mol. The van der Waals surface area contributed by atoms with E-state index in [1.54, 1.807) is 29.1 Å². The fourth-order valence-electron chi connectivity index (χ4n) is 1.30. The van der Waals surface area contributed by atoms with E-state index in [1.807, 2.05) is 12.1 Å². The molecule has 1 heterocycles. The third-order valence-corrected chi connectivity index (χ3v) is 2.61. The molecule has 0 radical (unpaired) electrons. The molecule has 0 saturated heterocycles. The van der Waals surface area contributed by atoms with Gasteiger partial charge >= 0.3 is 0 Å².